The van der Waals surface area contributed by atoms with Crippen LogP contribution in [0, 0.1) is 5.92 Å². The molecule has 37 heavy (non-hydrogen) atoms. The number of hydrazine groups is 1. The van der Waals surface area contributed by atoms with E-state index in [4.69, 9.17) is 9.84 Å². The highest BCUT2D eigenvalue weighted by atomic mass is 16.6. The minimum atomic E-state index is -1.09. The van der Waals surface area contributed by atoms with E-state index in [2.05, 4.69) is 20.9 Å². The normalized spacial score (nSPS) is 19.6. The number of aryl methyl sites for hydroxylation is 1. The molecule has 0 radical (unpaired) electrons. The van der Waals surface area contributed by atoms with Crippen LogP contribution >= 0.6 is 0 Å². The van der Waals surface area contributed by atoms with Gasteiger partial charge in [0.05, 0.1) is 13.0 Å². The summed E-state index contributed by atoms with van der Waals surface area (Å²) in [5.74, 6) is 0.603. The maximum Gasteiger partial charge on any atom is 0.429 e. The molecule has 1 unspecified atom stereocenters. The quantitative estimate of drug-likeness (QED) is 0.436. The van der Waals surface area contributed by atoms with Crippen LogP contribution in [0.4, 0.5) is 4.79 Å². The van der Waals surface area contributed by atoms with E-state index in [0.717, 1.165) is 68.1 Å². The maximum absolute atomic E-state index is 13.5. The van der Waals surface area contributed by atoms with Gasteiger partial charge in [0.25, 0.3) is 5.91 Å². The van der Waals surface area contributed by atoms with Crippen molar-refractivity contribution in [3.8, 4) is 0 Å². The summed E-state index contributed by atoms with van der Waals surface area (Å²) in [6, 6.07) is 9.13. The molecule has 1 saturated heterocycles. The van der Waals surface area contributed by atoms with Gasteiger partial charge in [0.2, 0.25) is 0 Å². The number of piperidine rings is 1. The molecule has 2 aliphatic rings. The van der Waals surface area contributed by atoms with Crippen LogP contribution in [0.2, 0.25) is 0 Å². The van der Waals surface area contributed by atoms with Crippen LogP contribution in [0.5, 0.6) is 0 Å². The molecule has 4 rings (SSSR count). The molecular formula is C26H36N6O5. The smallest absolute Gasteiger partial charge is 0.429 e. The third-order valence-corrected chi connectivity index (χ3v) is 7.33. The van der Waals surface area contributed by atoms with Gasteiger partial charge in [-0.3, -0.25) is 15.0 Å². The van der Waals surface area contributed by atoms with Crippen LogP contribution < -0.4 is 10.7 Å². The summed E-state index contributed by atoms with van der Waals surface area (Å²) < 4.78 is 7.39. The van der Waals surface area contributed by atoms with E-state index < -0.39 is 23.4 Å². The van der Waals surface area contributed by atoms with Gasteiger partial charge in [0.15, 0.2) is 0 Å². The fourth-order valence-electron chi connectivity index (χ4n) is 5.03. The van der Waals surface area contributed by atoms with Gasteiger partial charge in [-0.2, -0.15) is 0 Å². The fraction of sp³-hybridized carbons (Fsp3) is 0.577. The topological polar surface area (TPSA) is 139 Å². The summed E-state index contributed by atoms with van der Waals surface area (Å²) in [7, 11) is 0. The largest absolute Gasteiger partial charge is 0.481 e. The van der Waals surface area contributed by atoms with E-state index in [0.29, 0.717) is 18.2 Å². The summed E-state index contributed by atoms with van der Waals surface area (Å²) in [5, 5.41) is 22.3. The van der Waals surface area contributed by atoms with Crippen molar-refractivity contribution < 1.29 is 24.2 Å². The van der Waals surface area contributed by atoms with Crippen LogP contribution in [0.25, 0.3) is 0 Å². The first-order valence-electron chi connectivity index (χ1n) is 13.0. The average molecular weight is 513 g/mol. The van der Waals surface area contributed by atoms with Crippen LogP contribution in [0.3, 0.4) is 0 Å². The molecule has 11 nitrogen and oxygen atoms in total. The van der Waals surface area contributed by atoms with Gasteiger partial charge in [-0.1, -0.05) is 30.3 Å². The van der Waals surface area contributed by atoms with Crippen molar-refractivity contribution in [1.29, 1.82) is 0 Å². The van der Waals surface area contributed by atoms with Gasteiger partial charge in [-0.25, -0.2) is 9.80 Å². The summed E-state index contributed by atoms with van der Waals surface area (Å²) in [6.45, 7) is 4.42. The van der Waals surface area contributed by atoms with Gasteiger partial charge in [-0.15, -0.1) is 10.2 Å². The predicted molar refractivity (Wildman–Crippen MR) is 134 cm³/mol. The summed E-state index contributed by atoms with van der Waals surface area (Å²) in [5.41, 5.74) is 2.39. The molecule has 0 bridgehead atoms. The van der Waals surface area contributed by atoms with E-state index in [-0.39, 0.29) is 19.6 Å². The van der Waals surface area contributed by atoms with Crippen molar-refractivity contribution in [2.24, 2.45) is 5.92 Å². The zero-order valence-electron chi connectivity index (χ0n) is 21.3. The Balaban J connectivity index is 1.44. The molecule has 1 atom stereocenters. The lowest BCUT2D eigenvalue weighted by Crippen LogP contribution is -2.54. The van der Waals surface area contributed by atoms with Crippen LogP contribution in [-0.2, 0) is 39.3 Å². The number of amides is 2. The summed E-state index contributed by atoms with van der Waals surface area (Å²) in [4.78, 5) is 37.5. The number of carbonyl (C=O) groups excluding carboxylic acids is 2. The average Bonchev–Trinajstić information content (AvgIpc) is 3.34. The third-order valence-electron chi connectivity index (χ3n) is 7.33. The van der Waals surface area contributed by atoms with Crippen LogP contribution in [0.15, 0.2) is 30.3 Å². The Labute approximate surface area is 216 Å². The van der Waals surface area contributed by atoms with Gasteiger partial charge in [0, 0.05) is 13.0 Å². The molecule has 3 N–H and O–H groups in total. The van der Waals surface area contributed by atoms with Gasteiger partial charge in [-0.05, 0) is 63.6 Å². The second kappa shape index (κ2) is 12.2. The number of ether oxygens (including phenoxy) is 1. The second-order valence-corrected chi connectivity index (χ2v) is 10.0. The molecule has 3 heterocycles. The number of aromatic nitrogens is 3. The summed E-state index contributed by atoms with van der Waals surface area (Å²) in [6.07, 6.45) is 4.32. The molecule has 2 amide bonds. The highest BCUT2D eigenvalue weighted by Gasteiger charge is 2.44. The first kappa shape index (κ1) is 26.6. The molecule has 1 fully saturated rings. The lowest BCUT2D eigenvalue weighted by Gasteiger charge is -2.34. The van der Waals surface area contributed by atoms with E-state index in [1.807, 2.05) is 34.9 Å². The van der Waals surface area contributed by atoms with Crippen molar-refractivity contribution in [2.45, 2.75) is 70.4 Å². The SMILES string of the molecule is CC1(C(=O)NN(CCC(=O)O)C(=O)OCc2ccccc2)CCCn2c(CCC3CCNCC3)nnc21. The molecule has 0 spiro atoms. The van der Waals surface area contributed by atoms with E-state index in [1.54, 1.807) is 6.92 Å². The molecule has 1 aromatic carbocycles. The molecule has 200 valence electrons. The summed E-state index contributed by atoms with van der Waals surface area (Å²) >= 11 is 0. The number of aliphatic carboxylic acids is 1. The highest BCUT2D eigenvalue weighted by molar-refractivity contribution is 5.88. The zero-order chi connectivity index (χ0) is 26.3. The lowest BCUT2D eigenvalue weighted by atomic mass is 9.81. The van der Waals surface area contributed by atoms with Crippen molar-refractivity contribution in [1.82, 2.24) is 30.5 Å². The van der Waals surface area contributed by atoms with Gasteiger partial charge < -0.3 is 19.7 Å². The first-order valence-corrected chi connectivity index (χ1v) is 13.0. The number of carboxylic acid groups (broad SMARTS) is 1. The zero-order valence-corrected chi connectivity index (χ0v) is 21.3. The van der Waals surface area contributed by atoms with Crippen molar-refractivity contribution in [3.05, 3.63) is 47.5 Å². The predicted octanol–water partition coefficient (Wildman–Crippen LogP) is 2.41. The Morgan fingerprint density at radius 1 is 1.22 bits per heavy atom. The Morgan fingerprint density at radius 3 is 2.70 bits per heavy atom. The van der Waals surface area contributed by atoms with E-state index in [9.17, 15) is 14.4 Å². The Morgan fingerprint density at radius 2 is 1.97 bits per heavy atom. The number of fused-ring (bicyclic) bond motifs is 1. The number of rotatable bonds is 9. The number of nitrogens with one attached hydrogen (secondary N) is 2. The van der Waals surface area contributed by atoms with E-state index >= 15 is 0 Å². The molecule has 0 aliphatic carbocycles. The number of benzene rings is 1. The molecule has 2 aromatic rings. The highest BCUT2D eigenvalue weighted by Crippen LogP contribution is 2.34. The van der Waals surface area contributed by atoms with Crippen molar-refractivity contribution in [3.63, 3.8) is 0 Å². The first-order chi connectivity index (χ1) is 17.9. The lowest BCUT2D eigenvalue weighted by molar-refractivity contribution is -0.139. The van der Waals surface area contributed by atoms with Crippen molar-refractivity contribution >= 4 is 18.0 Å². The minimum Gasteiger partial charge on any atom is -0.481 e. The molecular weight excluding hydrogens is 476 g/mol. The number of hydrogen-bond acceptors (Lipinski definition) is 7. The van der Waals surface area contributed by atoms with Crippen molar-refractivity contribution in [2.75, 3.05) is 19.6 Å². The number of carboxylic acids is 1. The molecule has 0 saturated carbocycles. The number of nitrogens with zero attached hydrogens (tertiary/aromatic N) is 4. The molecule has 2 aliphatic heterocycles. The van der Waals surface area contributed by atoms with Crippen LogP contribution in [-0.4, -0.2) is 62.5 Å². The Hall–Kier alpha value is -3.47. The Kier molecular flexibility index (Phi) is 8.75. The standard InChI is InChI=1S/C26H36N6O5/c1-26(13-5-16-31-21(28-29-23(26)31)9-8-19-10-14-27-15-11-19)24(35)30-32(17-12-22(33)34)25(36)37-18-20-6-3-2-4-7-20/h2-4,6-7,19,27H,5,8-18H2,1H3,(H,30,35)(H,33,34). The van der Waals surface area contributed by atoms with Crippen LogP contribution in [0.1, 0.15) is 62.7 Å². The minimum absolute atomic E-state index is 0.00509. The second-order valence-electron chi connectivity index (χ2n) is 10.0. The maximum atomic E-state index is 13.5. The molecule has 1 aromatic heterocycles. The third kappa shape index (κ3) is 6.65. The van der Waals surface area contributed by atoms with Gasteiger partial charge >= 0.3 is 12.1 Å². The van der Waals surface area contributed by atoms with E-state index in [1.165, 1.54) is 0 Å². The molecule has 11 heteroatoms. The number of hydrogen-bond donors (Lipinski definition) is 3. The number of carbonyl (C=O) groups is 3. The Bertz CT molecular complexity index is 1080. The fourth-order valence-corrected chi connectivity index (χ4v) is 5.03. The van der Waals surface area contributed by atoms with Gasteiger partial charge in [0.1, 0.15) is 23.7 Å². The monoisotopic (exact) mass is 512 g/mol.